The Bertz CT molecular complexity index is 108. The predicted molar refractivity (Wildman–Crippen MR) is 43.5 cm³/mol. The summed E-state index contributed by atoms with van der Waals surface area (Å²) in [5.41, 5.74) is -0.149. The Balaban J connectivity index is 3.49. The van der Waals surface area contributed by atoms with Gasteiger partial charge in [0.25, 0.3) is 5.59 Å². The Labute approximate surface area is 63.2 Å². The summed E-state index contributed by atoms with van der Waals surface area (Å²) in [5.74, 6) is 0. The Kier molecular flexibility index (Phi) is 5.24. The summed E-state index contributed by atoms with van der Waals surface area (Å²) in [5, 5.41) is 5.58. The summed E-state index contributed by atoms with van der Waals surface area (Å²) in [7, 11) is -1.68. The van der Waals surface area contributed by atoms with Crippen LogP contribution >= 0.6 is 0 Å². The summed E-state index contributed by atoms with van der Waals surface area (Å²) in [6, 6.07) is 0.846. The van der Waals surface area contributed by atoms with Crippen molar-refractivity contribution in [3.63, 3.8) is 0 Å². The van der Waals surface area contributed by atoms with Gasteiger partial charge in [-0.2, -0.15) is 0 Å². The fraction of sp³-hybridized carbons (Fsp3) is 0.833. The Hall–Kier alpha value is -0.353. The first-order chi connectivity index (χ1) is 4.72. The van der Waals surface area contributed by atoms with Crippen molar-refractivity contribution < 1.29 is 9.53 Å². The van der Waals surface area contributed by atoms with E-state index in [0.29, 0.717) is 6.61 Å². The van der Waals surface area contributed by atoms with Crippen LogP contribution in [0.1, 0.15) is 20.3 Å². The minimum absolute atomic E-state index is 0.149. The first-order valence-electron chi connectivity index (χ1n) is 3.64. The molecule has 0 amide bonds. The quantitative estimate of drug-likeness (QED) is 0.621. The molecule has 0 fully saturated rings. The molecule has 0 heterocycles. The van der Waals surface area contributed by atoms with Crippen LogP contribution in [0.2, 0.25) is 6.04 Å². The Morgan fingerprint density at radius 1 is 1.60 bits per heavy atom. The van der Waals surface area contributed by atoms with Gasteiger partial charge in [0.15, 0.2) is 0 Å². The fourth-order valence-corrected chi connectivity index (χ4v) is 1.92. The standard InChI is InChI=1S/C6H15NO2Si/c1-3-5-10(7)6(8)9-4-2/h10H,3-5,7H2,1-2H3. The lowest BCUT2D eigenvalue weighted by Gasteiger charge is -2.05. The third-order valence-electron chi connectivity index (χ3n) is 1.19. The summed E-state index contributed by atoms with van der Waals surface area (Å²) >= 11 is 0. The monoisotopic (exact) mass is 161 g/mol. The lowest BCUT2D eigenvalue weighted by Crippen LogP contribution is -2.36. The molecule has 4 heteroatoms. The molecule has 10 heavy (non-hydrogen) atoms. The van der Waals surface area contributed by atoms with Gasteiger partial charge in [-0.05, 0) is 13.0 Å². The molecular formula is C6H15NO2Si. The van der Waals surface area contributed by atoms with Gasteiger partial charge in [0.2, 0.25) is 8.96 Å². The fourth-order valence-electron chi connectivity index (χ4n) is 0.678. The summed E-state index contributed by atoms with van der Waals surface area (Å²) < 4.78 is 4.75. The average Bonchev–Trinajstić information content (AvgIpc) is 1.89. The van der Waals surface area contributed by atoms with Crippen LogP contribution in [-0.2, 0) is 4.74 Å². The molecule has 1 atom stereocenters. The van der Waals surface area contributed by atoms with Crippen molar-refractivity contribution in [3.05, 3.63) is 0 Å². The van der Waals surface area contributed by atoms with Crippen molar-refractivity contribution in [2.24, 2.45) is 5.40 Å². The number of hydrogen-bond acceptors (Lipinski definition) is 3. The van der Waals surface area contributed by atoms with Gasteiger partial charge in [-0.1, -0.05) is 13.3 Å². The SMILES string of the molecule is CCC[SiH](N)C(=O)OCC. The maximum absolute atomic E-state index is 10.8. The molecule has 0 aromatic carbocycles. The van der Waals surface area contributed by atoms with E-state index >= 15 is 0 Å². The molecule has 0 aromatic heterocycles. The van der Waals surface area contributed by atoms with Crippen molar-refractivity contribution in [2.75, 3.05) is 6.61 Å². The van der Waals surface area contributed by atoms with Gasteiger partial charge in [-0.15, -0.1) is 0 Å². The number of carbonyl (C=O) groups is 1. The maximum Gasteiger partial charge on any atom is 0.285 e. The van der Waals surface area contributed by atoms with Crippen LogP contribution in [0.5, 0.6) is 0 Å². The van der Waals surface area contributed by atoms with Crippen molar-refractivity contribution in [2.45, 2.75) is 26.3 Å². The van der Waals surface area contributed by atoms with E-state index in [2.05, 4.69) is 0 Å². The molecule has 0 spiro atoms. The molecule has 0 aromatic rings. The Morgan fingerprint density at radius 2 is 2.20 bits per heavy atom. The first-order valence-corrected chi connectivity index (χ1v) is 5.70. The second-order valence-electron chi connectivity index (χ2n) is 2.15. The summed E-state index contributed by atoms with van der Waals surface area (Å²) in [4.78, 5) is 10.8. The summed E-state index contributed by atoms with van der Waals surface area (Å²) in [6.07, 6.45) is 0.978. The number of nitrogens with two attached hydrogens (primary N) is 1. The van der Waals surface area contributed by atoms with Crippen molar-refractivity contribution in [1.29, 1.82) is 0 Å². The van der Waals surface area contributed by atoms with Crippen LogP contribution in [0, 0.1) is 0 Å². The highest BCUT2D eigenvalue weighted by Gasteiger charge is 2.14. The number of rotatable bonds is 4. The van der Waals surface area contributed by atoms with Crippen LogP contribution in [0.3, 0.4) is 0 Å². The van der Waals surface area contributed by atoms with E-state index in [4.69, 9.17) is 10.1 Å². The highest BCUT2D eigenvalue weighted by Crippen LogP contribution is 1.94. The maximum atomic E-state index is 10.8. The van der Waals surface area contributed by atoms with Crippen LogP contribution < -0.4 is 5.40 Å². The number of ether oxygens (including phenoxy) is 1. The van der Waals surface area contributed by atoms with Gasteiger partial charge >= 0.3 is 0 Å². The van der Waals surface area contributed by atoms with Crippen LogP contribution in [0.4, 0.5) is 4.79 Å². The van der Waals surface area contributed by atoms with Crippen LogP contribution in [0.25, 0.3) is 0 Å². The van der Waals surface area contributed by atoms with E-state index in [9.17, 15) is 4.79 Å². The minimum atomic E-state index is -1.68. The van der Waals surface area contributed by atoms with Gasteiger partial charge in [-0.3, -0.25) is 4.79 Å². The minimum Gasteiger partial charge on any atom is -0.469 e. The zero-order chi connectivity index (χ0) is 7.98. The predicted octanol–water partition coefficient (Wildman–Crippen LogP) is 0.817. The first kappa shape index (κ1) is 9.65. The molecule has 3 nitrogen and oxygen atoms in total. The number of carbonyl (C=O) groups excluding carboxylic acids is 1. The molecule has 0 saturated carbocycles. The zero-order valence-electron chi connectivity index (χ0n) is 6.59. The molecule has 0 bridgehead atoms. The summed E-state index contributed by atoms with van der Waals surface area (Å²) in [6.45, 7) is 4.26. The van der Waals surface area contributed by atoms with Crippen molar-refractivity contribution in [1.82, 2.24) is 0 Å². The topological polar surface area (TPSA) is 52.3 Å². The molecule has 0 rings (SSSR count). The zero-order valence-corrected chi connectivity index (χ0v) is 7.75. The van der Waals surface area contributed by atoms with Gasteiger partial charge in [0.1, 0.15) is 0 Å². The largest absolute Gasteiger partial charge is 0.469 e. The van der Waals surface area contributed by atoms with E-state index in [1.807, 2.05) is 6.92 Å². The highest BCUT2D eigenvalue weighted by atomic mass is 28.3. The van der Waals surface area contributed by atoms with Crippen molar-refractivity contribution >= 4 is 14.6 Å². The Morgan fingerprint density at radius 3 is 2.60 bits per heavy atom. The van der Waals surface area contributed by atoms with Crippen LogP contribution in [0.15, 0.2) is 0 Å². The van der Waals surface area contributed by atoms with E-state index in [1.54, 1.807) is 6.92 Å². The second-order valence-corrected chi connectivity index (χ2v) is 4.41. The van der Waals surface area contributed by atoms with Gasteiger partial charge in [0, 0.05) is 0 Å². The molecule has 0 aliphatic heterocycles. The van der Waals surface area contributed by atoms with E-state index < -0.39 is 8.96 Å². The molecule has 1 unspecified atom stereocenters. The van der Waals surface area contributed by atoms with Gasteiger partial charge in [-0.25, -0.2) is 0 Å². The lowest BCUT2D eigenvalue weighted by atomic mass is 10.6. The van der Waals surface area contributed by atoms with Gasteiger partial charge in [0.05, 0.1) is 6.61 Å². The lowest BCUT2D eigenvalue weighted by molar-refractivity contribution is 0.177. The van der Waals surface area contributed by atoms with E-state index in [0.717, 1.165) is 12.5 Å². The third kappa shape index (κ3) is 3.63. The average molecular weight is 161 g/mol. The van der Waals surface area contributed by atoms with Gasteiger partial charge < -0.3 is 10.1 Å². The molecule has 60 valence electrons. The smallest absolute Gasteiger partial charge is 0.285 e. The molecule has 2 N–H and O–H groups in total. The van der Waals surface area contributed by atoms with E-state index in [-0.39, 0.29) is 5.59 Å². The second kappa shape index (κ2) is 5.43. The molecular weight excluding hydrogens is 146 g/mol. The molecule has 0 aliphatic rings. The number of hydrogen-bond donors (Lipinski definition) is 1. The van der Waals surface area contributed by atoms with Crippen LogP contribution in [-0.4, -0.2) is 21.2 Å². The molecule has 0 saturated heterocycles. The van der Waals surface area contributed by atoms with Crippen molar-refractivity contribution in [3.8, 4) is 0 Å². The normalized spacial score (nSPS) is 12.7. The van der Waals surface area contributed by atoms with E-state index in [1.165, 1.54) is 0 Å². The molecule has 0 radical (unpaired) electrons. The third-order valence-corrected chi connectivity index (χ3v) is 3.16. The molecule has 0 aliphatic carbocycles. The highest BCUT2D eigenvalue weighted by molar-refractivity contribution is 6.86.